The molecule has 0 heterocycles. The molecule has 3 nitrogen and oxygen atoms in total. The third-order valence-electron chi connectivity index (χ3n) is 3.83. The zero-order valence-corrected chi connectivity index (χ0v) is 12.9. The molecule has 0 bridgehead atoms. The maximum Gasteiger partial charge on any atom is 0.251 e. The Morgan fingerprint density at radius 2 is 2.11 bits per heavy atom. The van der Waals surface area contributed by atoms with Gasteiger partial charge in [0.05, 0.1) is 0 Å². The highest BCUT2D eigenvalue weighted by molar-refractivity contribution is 9.10. The third-order valence-corrected chi connectivity index (χ3v) is 4.29. The zero-order valence-electron chi connectivity index (χ0n) is 11.3. The molecule has 3 N–H and O–H groups in total. The van der Waals surface area contributed by atoms with Crippen molar-refractivity contribution in [2.45, 2.75) is 38.6 Å². The molecule has 1 saturated carbocycles. The number of carbonyl (C=O) groups excluding carboxylic acids is 1. The topological polar surface area (TPSA) is 55.1 Å². The van der Waals surface area contributed by atoms with Crippen LogP contribution in [0.3, 0.4) is 0 Å². The summed E-state index contributed by atoms with van der Waals surface area (Å²) in [7, 11) is 0. The van der Waals surface area contributed by atoms with E-state index in [9.17, 15) is 4.79 Å². The Balaban J connectivity index is 2.07. The SMILES string of the molecule is Cc1cc(Br)cc(C(=O)NC2CCCCC2CN)c1. The summed E-state index contributed by atoms with van der Waals surface area (Å²) in [5, 5.41) is 3.15. The molecule has 19 heavy (non-hydrogen) atoms. The molecule has 104 valence electrons. The van der Waals surface area contributed by atoms with Crippen molar-refractivity contribution in [3.63, 3.8) is 0 Å². The van der Waals surface area contributed by atoms with Crippen LogP contribution in [0.4, 0.5) is 0 Å². The molecule has 1 aromatic carbocycles. The van der Waals surface area contributed by atoms with Crippen molar-refractivity contribution in [3.05, 3.63) is 33.8 Å². The van der Waals surface area contributed by atoms with Gasteiger partial charge in [0.25, 0.3) is 5.91 Å². The summed E-state index contributed by atoms with van der Waals surface area (Å²) in [6.07, 6.45) is 4.57. The van der Waals surface area contributed by atoms with Crippen LogP contribution in [0.1, 0.15) is 41.6 Å². The second kappa shape index (κ2) is 6.53. The fourth-order valence-corrected chi connectivity index (χ4v) is 3.41. The van der Waals surface area contributed by atoms with Crippen molar-refractivity contribution in [2.75, 3.05) is 6.54 Å². The molecule has 1 aliphatic rings. The highest BCUT2D eigenvalue weighted by Crippen LogP contribution is 2.24. The molecule has 0 aromatic heterocycles. The highest BCUT2D eigenvalue weighted by Gasteiger charge is 2.25. The van der Waals surface area contributed by atoms with E-state index in [-0.39, 0.29) is 11.9 Å². The summed E-state index contributed by atoms with van der Waals surface area (Å²) in [6, 6.07) is 6.01. The van der Waals surface area contributed by atoms with Gasteiger partial charge in [0.1, 0.15) is 0 Å². The van der Waals surface area contributed by atoms with E-state index in [4.69, 9.17) is 5.73 Å². The second-order valence-electron chi connectivity index (χ2n) is 5.38. The smallest absolute Gasteiger partial charge is 0.251 e. The van der Waals surface area contributed by atoms with Crippen LogP contribution in [-0.2, 0) is 0 Å². The summed E-state index contributed by atoms with van der Waals surface area (Å²) >= 11 is 3.43. The molecule has 2 unspecified atom stereocenters. The van der Waals surface area contributed by atoms with E-state index in [0.717, 1.165) is 22.9 Å². The Hall–Kier alpha value is -0.870. The van der Waals surface area contributed by atoms with Crippen LogP contribution < -0.4 is 11.1 Å². The Kier molecular flexibility index (Phi) is 4.99. The van der Waals surface area contributed by atoms with Crippen molar-refractivity contribution in [1.29, 1.82) is 0 Å². The van der Waals surface area contributed by atoms with Gasteiger partial charge < -0.3 is 11.1 Å². The van der Waals surface area contributed by atoms with E-state index in [1.165, 1.54) is 12.8 Å². The Morgan fingerprint density at radius 1 is 1.37 bits per heavy atom. The molecule has 0 radical (unpaired) electrons. The number of hydrogen-bond acceptors (Lipinski definition) is 2. The van der Waals surface area contributed by atoms with Crippen molar-refractivity contribution >= 4 is 21.8 Å². The number of carbonyl (C=O) groups is 1. The minimum atomic E-state index is 0.00903. The van der Waals surface area contributed by atoms with Crippen molar-refractivity contribution in [1.82, 2.24) is 5.32 Å². The van der Waals surface area contributed by atoms with Crippen LogP contribution in [0.5, 0.6) is 0 Å². The van der Waals surface area contributed by atoms with Gasteiger partial charge in [-0.15, -0.1) is 0 Å². The maximum atomic E-state index is 12.3. The first-order chi connectivity index (χ1) is 9.10. The van der Waals surface area contributed by atoms with Crippen molar-refractivity contribution in [2.24, 2.45) is 11.7 Å². The summed E-state index contributed by atoms with van der Waals surface area (Å²) < 4.78 is 0.941. The summed E-state index contributed by atoms with van der Waals surface area (Å²) in [4.78, 5) is 12.3. The van der Waals surface area contributed by atoms with Crippen molar-refractivity contribution < 1.29 is 4.79 Å². The Bertz CT molecular complexity index is 441. The lowest BCUT2D eigenvalue weighted by atomic mass is 9.84. The molecular weight excluding hydrogens is 304 g/mol. The predicted octanol–water partition coefficient (Wildman–Crippen LogP) is 3.00. The van der Waals surface area contributed by atoms with Gasteiger partial charge in [0.2, 0.25) is 0 Å². The molecule has 4 heteroatoms. The molecule has 1 amide bonds. The number of nitrogens with one attached hydrogen (secondary N) is 1. The van der Waals surface area contributed by atoms with E-state index in [1.807, 2.05) is 25.1 Å². The highest BCUT2D eigenvalue weighted by atomic mass is 79.9. The first kappa shape index (κ1) is 14.5. The average molecular weight is 325 g/mol. The van der Waals surface area contributed by atoms with Crippen LogP contribution in [0, 0.1) is 12.8 Å². The van der Waals surface area contributed by atoms with Crippen molar-refractivity contribution in [3.8, 4) is 0 Å². The van der Waals surface area contributed by atoms with Gasteiger partial charge in [-0.25, -0.2) is 0 Å². The molecule has 0 aliphatic heterocycles. The lowest BCUT2D eigenvalue weighted by Gasteiger charge is -2.31. The van der Waals surface area contributed by atoms with Gasteiger partial charge in [0, 0.05) is 16.1 Å². The molecule has 2 rings (SSSR count). The standard InChI is InChI=1S/C15H21BrN2O/c1-10-6-12(8-13(16)7-10)15(19)18-14-5-3-2-4-11(14)9-17/h6-8,11,14H,2-5,9,17H2,1H3,(H,18,19). The van der Waals surface area contributed by atoms with Crippen LogP contribution >= 0.6 is 15.9 Å². The van der Waals surface area contributed by atoms with E-state index in [2.05, 4.69) is 21.2 Å². The minimum Gasteiger partial charge on any atom is -0.349 e. The van der Waals surface area contributed by atoms with E-state index < -0.39 is 0 Å². The fourth-order valence-electron chi connectivity index (χ4n) is 2.80. The van der Waals surface area contributed by atoms with Gasteiger partial charge in [-0.1, -0.05) is 28.8 Å². The molecular formula is C15H21BrN2O. The molecule has 0 spiro atoms. The van der Waals surface area contributed by atoms with Crippen LogP contribution in [0.15, 0.2) is 22.7 Å². The number of nitrogens with two attached hydrogens (primary N) is 1. The minimum absolute atomic E-state index is 0.00903. The molecule has 2 atom stereocenters. The first-order valence-electron chi connectivity index (χ1n) is 6.88. The fraction of sp³-hybridized carbons (Fsp3) is 0.533. The number of rotatable bonds is 3. The van der Waals surface area contributed by atoms with Gasteiger partial charge in [-0.3, -0.25) is 4.79 Å². The second-order valence-corrected chi connectivity index (χ2v) is 6.29. The number of aryl methyl sites for hydroxylation is 1. The maximum absolute atomic E-state index is 12.3. The lowest BCUT2D eigenvalue weighted by Crippen LogP contribution is -2.44. The van der Waals surface area contributed by atoms with Crippen LogP contribution in [-0.4, -0.2) is 18.5 Å². The van der Waals surface area contributed by atoms with Gasteiger partial charge in [-0.05, 0) is 56.0 Å². The monoisotopic (exact) mass is 324 g/mol. The number of hydrogen-bond donors (Lipinski definition) is 2. The van der Waals surface area contributed by atoms with E-state index in [0.29, 0.717) is 18.0 Å². The third kappa shape index (κ3) is 3.80. The van der Waals surface area contributed by atoms with Gasteiger partial charge >= 0.3 is 0 Å². The summed E-state index contributed by atoms with van der Waals surface area (Å²) in [6.45, 7) is 2.65. The molecule has 1 fully saturated rings. The van der Waals surface area contributed by atoms with Crippen LogP contribution in [0.2, 0.25) is 0 Å². The summed E-state index contributed by atoms with van der Waals surface area (Å²) in [5.41, 5.74) is 7.60. The number of halogens is 1. The molecule has 1 aromatic rings. The normalized spacial score (nSPS) is 23.1. The van der Waals surface area contributed by atoms with Gasteiger partial charge in [-0.2, -0.15) is 0 Å². The van der Waals surface area contributed by atoms with E-state index in [1.54, 1.807) is 0 Å². The quantitative estimate of drug-likeness (QED) is 0.898. The average Bonchev–Trinajstić information content (AvgIpc) is 2.38. The lowest BCUT2D eigenvalue weighted by molar-refractivity contribution is 0.0908. The first-order valence-corrected chi connectivity index (χ1v) is 7.67. The molecule has 1 aliphatic carbocycles. The van der Waals surface area contributed by atoms with E-state index >= 15 is 0 Å². The molecule has 0 saturated heterocycles. The number of amides is 1. The number of benzene rings is 1. The Labute approximate surface area is 123 Å². The van der Waals surface area contributed by atoms with Crippen LogP contribution in [0.25, 0.3) is 0 Å². The zero-order chi connectivity index (χ0) is 13.8. The Morgan fingerprint density at radius 3 is 2.79 bits per heavy atom. The largest absolute Gasteiger partial charge is 0.349 e. The van der Waals surface area contributed by atoms with Gasteiger partial charge in [0.15, 0.2) is 0 Å². The summed E-state index contributed by atoms with van der Waals surface area (Å²) in [5.74, 6) is 0.431. The predicted molar refractivity (Wildman–Crippen MR) is 81.1 cm³/mol.